The minimum Gasteiger partial charge on any atom is -0.341 e. The highest BCUT2D eigenvalue weighted by molar-refractivity contribution is 6.09. The number of aryl methyl sites for hydroxylation is 2. The minimum atomic E-state index is -0.0668. The Morgan fingerprint density at radius 1 is 1.14 bits per heavy atom. The van der Waals surface area contributed by atoms with E-state index >= 15 is 0 Å². The van der Waals surface area contributed by atoms with Crippen LogP contribution >= 0.6 is 0 Å². The predicted octanol–water partition coefficient (Wildman–Crippen LogP) is 4.89. The molecule has 144 valence electrons. The first-order valence-electron chi connectivity index (χ1n) is 9.70. The van der Waals surface area contributed by atoms with Gasteiger partial charge < -0.3 is 14.4 Å². The molecule has 0 saturated heterocycles. The van der Waals surface area contributed by atoms with Gasteiger partial charge in [0.05, 0.1) is 0 Å². The summed E-state index contributed by atoms with van der Waals surface area (Å²) in [4.78, 5) is 16.7. The highest BCUT2D eigenvalue weighted by atomic mass is 16.5. The number of amides is 1. The van der Waals surface area contributed by atoms with E-state index in [2.05, 4.69) is 51.2 Å². The summed E-state index contributed by atoms with van der Waals surface area (Å²) >= 11 is 0. The number of fused-ring (bicyclic) bond motifs is 3. The lowest BCUT2D eigenvalue weighted by atomic mass is 10.1. The molecule has 0 saturated carbocycles. The molecule has 6 nitrogen and oxygen atoms in total. The molecule has 0 aliphatic heterocycles. The molecule has 1 amide bonds. The van der Waals surface area contributed by atoms with Gasteiger partial charge in [-0.05, 0) is 31.2 Å². The number of nitrogens with zero attached hydrogens (tertiary/aromatic N) is 3. The van der Waals surface area contributed by atoms with Crippen molar-refractivity contribution < 1.29 is 9.32 Å². The topological polar surface area (TPSA) is 73.0 Å². The summed E-state index contributed by atoms with van der Waals surface area (Å²) in [5.41, 5.74) is 3.18. The van der Waals surface area contributed by atoms with Gasteiger partial charge in [-0.1, -0.05) is 37.2 Å². The molecule has 0 aliphatic rings. The first-order chi connectivity index (χ1) is 13.6. The molecule has 2 aromatic carbocycles. The third-order valence-electron chi connectivity index (χ3n) is 4.94. The van der Waals surface area contributed by atoms with Crippen LogP contribution in [0.3, 0.4) is 0 Å². The first-order valence-corrected chi connectivity index (χ1v) is 9.70. The lowest BCUT2D eigenvalue weighted by molar-refractivity contribution is -0.116. The summed E-state index contributed by atoms with van der Waals surface area (Å²) in [5.74, 6) is 1.32. The Hall–Kier alpha value is -3.15. The van der Waals surface area contributed by atoms with Gasteiger partial charge in [-0.25, -0.2) is 0 Å². The quantitative estimate of drug-likeness (QED) is 0.520. The summed E-state index contributed by atoms with van der Waals surface area (Å²) in [5, 5.41) is 9.26. The number of anilines is 1. The van der Waals surface area contributed by atoms with Crippen molar-refractivity contribution in [1.29, 1.82) is 0 Å². The van der Waals surface area contributed by atoms with Gasteiger partial charge in [-0.2, -0.15) is 4.98 Å². The molecule has 2 heterocycles. The molecule has 0 spiro atoms. The maximum atomic E-state index is 12.4. The van der Waals surface area contributed by atoms with Crippen LogP contribution in [0, 0.1) is 0 Å². The number of hydrogen-bond acceptors (Lipinski definition) is 4. The average Bonchev–Trinajstić information content (AvgIpc) is 3.29. The summed E-state index contributed by atoms with van der Waals surface area (Å²) in [6, 6.07) is 14.4. The number of carbonyl (C=O) groups excluding carboxylic acids is 1. The van der Waals surface area contributed by atoms with E-state index in [4.69, 9.17) is 4.52 Å². The molecule has 4 rings (SSSR count). The maximum Gasteiger partial charge on any atom is 0.227 e. The second kappa shape index (κ2) is 7.46. The summed E-state index contributed by atoms with van der Waals surface area (Å²) in [6.07, 6.45) is 0.734. The van der Waals surface area contributed by atoms with Crippen molar-refractivity contribution in [2.24, 2.45) is 0 Å². The standard InChI is InChI=1S/C22H24N4O2/c1-4-26-18-8-6-5-7-16(18)17-13-15(9-10-19(17)26)23-20(27)11-12-21-24-22(14(2)3)25-28-21/h5-10,13-14H,4,11-12H2,1-3H3,(H,23,27). The van der Waals surface area contributed by atoms with Gasteiger partial charge in [0.2, 0.25) is 11.8 Å². The lowest BCUT2D eigenvalue weighted by Gasteiger charge is -2.06. The molecule has 1 N–H and O–H groups in total. The Morgan fingerprint density at radius 3 is 2.68 bits per heavy atom. The van der Waals surface area contributed by atoms with Gasteiger partial charge >= 0.3 is 0 Å². The summed E-state index contributed by atoms with van der Waals surface area (Å²) in [6.45, 7) is 7.06. The van der Waals surface area contributed by atoms with Crippen LogP contribution in [0.4, 0.5) is 5.69 Å². The number of aromatic nitrogens is 3. The van der Waals surface area contributed by atoms with E-state index in [-0.39, 0.29) is 11.8 Å². The highest BCUT2D eigenvalue weighted by Gasteiger charge is 2.13. The number of nitrogens with one attached hydrogen (secondary N) is 1. The van der Waals surface area contributed by atoms with E-state index in [1.165, 1.54) is 16.4 Å². The van der Waals surface area contributed by atoms with Crippen LogP contribution in [0.25, 0.3) is 21.8 Å². The number of carbonyl (C=O) groups is 1. The number of benzene rings is 2. The fourth-order valence-corrected chi connectivity index (χ4v) is 3.52. The zero-order valence-corrected chi connectivity index (χ0v) is 16.4. The van der Waals surface area contributed by atoms with Crippen LogP contribution < -0.4 is 5.32 Å². The van der Waals surface area contributed by atoms with Gasteiger partial charge in [0.15, 0.2) is 5.82 Å². The molecular formula is C22H24N4O2. The van der Waals surface area contributed by atoms with Crippen molar-refractivity contribution in [3.63, 3.8) is 0 Å². The van der Waals surface area contributed by atoms with E-state index < -0.39 is 0 Å². The minimum absolute atomic E-state index is 0.0668. The van der Waals surface area contributed by atoms with Crippen molar-refractivity contribution in [2.45, 2.75) is 46.1 Å². The van der Waals surface area contributed by atoms with E-state index in [0.717, 1.165) is 17.6 Å². The SMILES string of the molecule is CCn1c2ccccc2c2cc(NC(=O)CCc3nc(C(C)C)no3)ccc21. The Kier molecular flexibility index (Phi) is 4.86. The number of para-hydroxylation sites is 1. The summed E-state index contributed by atoms with van der Waals surface area (Å²) < 4.78 is 7.49. The molecule has 0 radical (unpaired) electrons. The fourth-order valence-electron chi connectivity index (χ4n) is 3.52. The zero-order valence-electron chi connectivity index (χ0n) is 16.4. The van der Waals surface area contributed by atoms with Gasteiger partial charge in [-0.15, -0.1) is 0 Å². The van der Waals surface area contributed by atoms with Crippen LogP contribution in [0.2, 0.25) is 0 Å². The smallest absolute Gasteiger partial charge is 0.227 e. The Bertz CT molecular complexity index is 1140. The Labute approximate surface area is 163 Å². The lowest BCUT2D eigenvalue weighted by Crippen LogP contribution is -2.12. The average molecular weight is 376 g/mol. The van der Waals surface area contributed by atoms with Crippen molar-refractivity contribution in [2.75, 3.05) is 5.32 Å². The maximum absolute atomic E-state index is 12.4. The Morgan fingerprint density at radius 2 is 1.93 bits per heavy atom. The molecule has 4 aromatic rings. The van der Waals surface area contributed by atoms with Crippen LogP contribution in [-0.2, 0) is 17.8 Å². The highest BCUT2D eigenvalue weighted by Crippen LogP contribution is 2.31. The molecular weight excluding hydrogens is 352 g/mol. The van der Waals surface area contributed by atoms with E-state index in [9.17, 15) is 4.79 Å². The van der Waals surface area contributed by atoms with Crippen LogP contribution in [-0.4, -0.2) is 20.6 Å². The van der Waals surface area contributed by atoms with Crippen molar-refractivity contribution >= 4 is 33.4 Å². The van der Waals surface area contributed by atoms with Gasteiger partial charge in [0.25, 0.3) is 0 Å². The van der Waals surface area contributed by atoms with Crippen LogP contribution in [0.5, 0.6) is 0 Å². The van der Waals surface area contributed by atoms with Crippen LogP contribution in [0.15, 0.2) is 47.0 Å². The van der Waals surface area contributed by atoms with Crippen molar-refractivity contribution in [3.8, 4) is 0 Å². The molecule has 0 aliphatic carbocycles. The van der Waals surface area contributed by atoms with Gasteiger partial charge in [0.1, 0.15) is 0 Å². The monoisotopic (exact) mass is 376 g/mol. The van der Waals surface area contributed by atoms with E-state index in [0.29, 0.717) is 24.6 Å². The molecule has 6 heteroatoms. The third kappa shape index (κ3) is 3.38. The fraction of sp³-hybridized carbons (Fsp3) is 0.318. The third-order valence-corrected chi connectivity index (χ3v) is 4.94. The molecule has 0 bridgehead atoms. The molecule has 0 unspecified atom stereocenters. The van der Waals surface area contributed by atoms with Crippen molar-refractivity contribution in [1.82, 2.24) is 14.7 Å². The predicted molar refractivity (Wildman–Crippen MR) is 110 cm³/mol. The molecule has 28 heavy (non-hydrogen) atoms. The van der Waals surface area contributed by atoms with E-state index in [1.54, 1.807) is 0 Å². The number of hydrogen-bond donors (Lipinski definition) is 1. The second-order valence-electron chi connectivity index (χ2n) is 7.24. The Balaban J connectivity index is 1.51. The second-order valence-corrected chi connectivity index (χ2v) is 7.24. The van der Waals surface area contributed by atoms with Gasteiger partial charge in [-0.3, -0.25) is 4.79 Å². The first kappa shape index (κ1) is 18.2. The molecule has 0 fully saturated rings. The van der Waals surface area contributed by atoms with Gasteiger partial charge in [0, 0.05) is 52.8 Å². The van der Waals surface area contributed by atoms with E-state index in [1.807, 2.05) is 32.0 Å². The molecule has 0 atom stereocenters. The number of rotatable bonds is 6. The van der Waals surface area contributed by atoms with Crippen molar-refractivity contribution in [3.05, 3.63) is 54.2 Å². The molecule has 2 aromatic heterocycles. The van der Waals surface area contributed by atoms with Crippen LogP contribution in [0.1, 0.15) is 44.8 Å². The summed E-state index contributed by atoms with van der Waals surface area (Å²) in [7, 11) is 0. The zero-order chi connectivity index (χ0) is 19.7. The largest absolute Gasteiger partial charge is 0.341 e. The normalized spacial score (nSPS) is 11.6.